The zero-order valence-electron chi connectivity index (χ0n) is 11.4. The van der Waals surface area contributed by atoms with Crippen LogP contribution in [0.2, 0.25) is 0 Å². The summed E-state index contributed by atoms with van der Waals surface area (Å²) >= 11 is 0. The maximum atomic E-state index is 11.3. The molecule has 23 heavy (non-hydrogen) atoms. The number of fused-ring (bicyclic) bond motifs is 1. The minimum Gasteiger partial charge on any atom is -0.409 e. The first-order valence-corrected chi connectivity index (χ1v) is 7.74. The first-order chi connectivity index (χ1) is 10.8. The molecule has 1 aromatic heterocycles. The standard InChI is InChI=1S/C13H9N3O6S/c14-23(19,20)8-5-6-12(10(7-8)16(17)18)22-13-15-9-3-1-2-4-11(9)21-13/h1-7H,(H2,14,19,20). The van der Waals surface area contributed by atoms with Crippen molar-refractivity contribution in [1.82, 2.24) is 4.98 Å². The average Bonchev–Trinajstić information content (AvgIpc) is 2.88. The number of benzene rings is 2. The van der Waals surface area contributed by atoms with Gasteiger partial charge in [-0.1, -0.05) is 12.1 Å². The molecule has 3 rings (SSSR count). The molecule has 0 spiro atoms. The monoisotopic (exact) mass is 335 g/mol. The van der Waals surface area contributed by atoms with Gasteiger partial charge in [0.25, 0.3) is 0 Å². The number of nitro benzene ring substituents is 1. The molecule has 1 heterocycles. The summed E-state index contributed by atoms with van der Waals surface area (Å²) < 4.78 is 33.1. The minimum atomic E-state index is -4.07. The SMILES string of the molecule is NS(=O)(=O)c1ccc(Oc2nc3ccccc3o2)c([N+](=O)[O-])c1. The summed E-state index contributed by atoms with van der Waals surface area (Å²) in [5.74, 6) is -0.214. The molecule has 0 radical (unpaired) electrons. The second-order valence-corrected chi connectivity index (χ2v) is 6.04. The topological polar surface area (TPSA) is 139 Å². The van der Waals surface area contributed by atoms with Crippen LogP contribution in [0.5, 0.6) is 11.8 Å². The fourth-order valence-corrected chi connectivity index (χ4v) is 2.43. The van der Waals surface area contributed by atoms with Gasteiger partial charge in [0.1, 0.15) is 5.52 Å². The molecule has 0 saturated heterocycles. The number of hydrogen-bond donors (Lipinski definition) is 1. The molecular formula is C13H9N3O6S. The van der Waals surface area contributed by atoms with E-state index in [0.29, 0.717) is 11.1 Å². The van der Waals surface area contributed by atoms with Crippen LogP contribution in [0.4, 0.5) is 5.69 Å². The summed E-state index contributed by atoms with van der Waals surface area (Å²) in [7, 11) is -4.07. The van der Waals surface area contributed by atoms with Crippen LogP contribution in [0.1, 0.15) is 0 Å². The highest BCUT2D eigenvalue weighted by atomic mass is 32.2. The highest BCUT2D eigenvalue weighted by Crippen LogP contribution is 2.33. The van der Waals surface area contributed by atoms with Crippen molar-refractivity contribution < 1.29 is 22.5 Å². The summed E-state index contributed by atoms with van der Waals surface area (Å²) in [5.41, 5.74) is 0.399. The largest absolute Gasteiger partial charge is 0.409 e. The summed E-state index contributed by atoms with van der Waals surface area (Å²) in [5, 5.41) is 16.1. The molecule has 118 valence electrons. The van der Waals surface area contributed by atoms with E-state index in [2.05, 4.69) is 4.98 Å². The normalized spacial score (nSPS) is 11.5. The van der Waals surface area contributed by atoms with Gasteiger partial charge in [-0.2, -0.15) is 4.98 Å². The molecule has 0 saturated carbocycles. The van der Waals surface area contributed by atoms with Gasteiger partial charge in [0.05, 0.1) is 9.82 Å². The second kappa shape index (κ2) is 5.34. The number of aromatic nitrogens is 1. The van der Waals surface area contributed by atoms with E-state index in [1.54, 1.807) is 24.3 Å². The fourth-order valence-electron chi connectivity index (χ4n) is 1.89. The van der Waals surface area contributed by atoms with Gasteiger partial charge >= 0.3 is 11.8 Å². The zero-order chi connectivity index (χ0) is 16.6. The fraction of sp³-hybridized carbons (Fsp3) is 0. The van der Waals surface area contributed by atoms with Gasteiger partial charge in [-0.3, -0.25) is 10.1 Å². The van der Waals surface area contributed by atoms with E-state index in [0.717, 1.165) is 18.2 Å². The molecule has 0 aliphatic heterocycles. The van der Waals surface area contributed by atoms with Crippen LogP contribution in [0.3, 0.4) is 0 Å². The smallest absolute Gasteiger partial charge is 0.400 e. The van der Waals surface area contributed by atoms with Crippen LogP contribution in [0, 0.1) is 10.1 Å². The third-order valence-electron chi connectivity index (χ3n) is 2.93. The number of nitro groups is 1. The Bertz CT molecular complexity index is 978. The molecule has 2 aromatic carbocycles. The number of ether oxygens (including phenoxy) is 1. The number of primary sulfonamides is 1. The number of sulfonamides is 1. The Labute approximate surface area is 129 Å². The number of nitrogens with two attached hydrogens (primary N) is 1. The molecule has 3 aromatic rings. The Hall–Kier alpha value is -2.98. The first-order valence-electron chi connectivity index (χ1n) is 6.19. The molecular weight excluding hydrogens is 326 g/mol. The van der Waals surface area contributed by atoms with Crippen LogP contribution in [0.25, 0.3) is 11.1 Å². The number of oxazole rings is 1. The molecule has 0 aliphatic rings. The van der Waals surface area contributed by atoms with Gasteiger partial charge in [0.2, 0.25) is 15.8 Å². The number of rotatable bonds is 4. The van der Waals surface area contributed by atoms with Crippen molar-refractivity contribution >= 4 is 26.8 Å². The molecule has 0 fully saturated rings. The van der Waals surface area contributed by atoms with Crippen molar-refractivity contribution in [3.05, 3.63) is 52.6 Å². The predicted molar refractivity (Wildman–Crippen MR) is 78.6 cm³/mol. The van der Waals surface area contributed by atoms with Crippen LogP contribution in [0.15, 0.2) is 51.8 Å². The van der Waals surface area contributed by atoms with Crippen LogP contribution in [-0.2, 0) is 10.0 Å². The molecule has 0 aliphatic carbocycles. The lowest BCUT2D eigenvalue weighted by Gasteiger charge is -2.04. The Morgan fingerprint density at radius 3 is 2.61 bits per heavy atom. The number of hydrogen-bond acceptors (Lipinski definition) is 7. The van der Waals surface area contributed by atoms with E-state index < -0.39 is 25.5 Å². The van der Waals surface area contributed by atoms with E-state index in [4.69, 9.17) is 14.3 Å². The molecule has 0 bridgehead atoms. The summed E-state index contributed by atoms with van der Waals surface area (Å²) in [6.07, 6.45) is -0.197. The summed E-state index contributed by atoms with van der Waals surface area (Å²) in [4.78, 5) is 13.9. The Kier molecular flexibility index (Phi) is 3.47. The van der Waals surface area contributed by atoms with E-state index in [9.17, 15) is 18.5 Å². The van der Waals surface area contributed by atoms with Crippen molar-refractivity contribution in [3.63, 3.8) is 0 Å². The maximum absolute atomic E-state index is 11.3. The lowest BCUT2D eigenvalue weighted by atomic mass is 10.3. The Morgan fingerprint density at radius 2 is 1.96 bits per heavy atom. The molecule has 10 heteroatoms. The van der Waals surface area contributed by atoms with Gasteiger partial charge in [-0.05, 0) is 24.3 Å². The minimum absolute atomic E-state index is 0.197. The van der Waals surface area contributed by atoms with Crippen molar-refractivity contribution in [2.75, 3.05) is 0 Å². The van der Waals surface area contributed by atoms with Gasteiger partial charge in [-0.25, -0.2) is 13.6 Å². The molecule has 0 unspecified atom stereocenters. The second-order valence-electron chi connectivity index (χ2n) is 4.48. The highest BCUT2D eigenvalue weighted by Gasteiger charge is 2.22. The zero-order valence-corrected chi connectivity index (χ0v) is 12.2. The molecule has 0 atom stereocenters. The lowest BCUT2D eigenvalue weighted by molar-refractivity contribution is -0.385. The quantitative estimate of drug-likeness (QED) is 0.569. The van der Waals surface area contributed by atoms with Crippen molar-refractivity contribution in [1.29, 1.82) is 0 Å². The van der Waals surface area contributed by atoms with E-state index in [-0.39, 0.29) is 11.8 Å². The van der Waals surface area contributed by atoms with Crippen LogP contribution >= 0.6 is 0 Å². The van der Waals surface area contributed by atoms with Crippen molar-refractivity contribution in [3.8, 4) is 11.8 Å². The number of para-hydroxylation sites is 2. The van der Waals surface area contributed by atoms with Crippen molar-refractivity contribution in [2.45, 2.75) is 4.90 Å². The first kappa shape index (κ1) is 14.9. The van der Waals surface area contributed by atoms with Crippen molar-refractivity contribution in [2.24, 2.45) is 5.14 Å². The summed E-state index contributed by atoms with van der Waals surface area (Å²) in [6, 6.07) is 9.86. The van der Waals surface area contributed by atoms with Gasteiger partial charge < -0.3 is 9.15 Å². The third-order valence-corrected chi connectivity index (χ3v) is 3.84. The van der Waals surface area contributed by atoms with Crippen LogP contribution in [-0.4, -0.2) is 18.3 Å². The van der Waals surface area contributed by atoms with E-state index in [1.165, 1.54) is 0 Å². The Morgan fingerprint density at radius 1 is 1.22 bits per heavy atom. The van der Waals surface area contributed by atoms with Crippen LogP contribution < -0.4 is 9.88 Å². The molecule has 9 nitrogen and oxygen atoms in total. The molecule has 2 N–H and O–H groups in total. The van der Waals surface area contributed by atoms with Gasteiger partial charge in [-0.15, -0.1) is 0 Å². The van der Waals surface area contributed by atoms with Gasteiger partial charge in [0, 0.05) is 6.07 Å². The average molecular weight is 335 g/mol. The third kappa shape index (κ3) is 2.98. The van der Waals surface area contributed by atoms with E-state index >= 15 is 0 Å². The molecule has 0 amide bonds. The lowest BCUT2D eigenvalue weighted by Crippen LogP contribution is -2.12. The highest BCUT2D eigenvalue weighted by molar-refractivity contribution is 7.89. The Balaban J connectivity index is 2.03. The summed E-state index contributed by atoms with van der Waals surface area (Å²) in [6.45, 7) is 0. The maximum Gasteiger partial charge on any atom is 0.400 e. The van der Waals surface area contributed by atoms with Gasteiger partial charge in [0.15, 0.2) is 5.58 Å². The predicted octanol–water partition coefficient (Wildman–Crippen LogP) is 2.18. The van der Waals surface area contributed by atoms with E-state index in [1.807, 2.05) is 0 Å². The number of nitrogens with zero attached hydrogens (tertiary/aromatic N) is 2.